The first-order chi connectivity index (χ1) is 15.0. The molecule has 2 N–H and O–H groups in total. The number of aliphatic imine (C=N–C) groups is 1. The average Bonchev–Trinajstić information content (AvgIpc) is 3.45. The first-order valence-electron chi connectivity index (χ1n) is 11.0. The zero-order chi connectivity index (χ0) is 22.1. The van der Waals surface area contributed by atoms with E-state index in [1.165, 1.54) is 0 Å². The van der Waals surface area contributed by atoms with Crippen molar-refractivity contribution in [1.82, 2.24) is 20.5 Å². The number of hydrogen-bond acceptors (Lipinski definition) is 6. The Hall–Kier alpha value is -2.55. The van der Waals surface area contributed by atoms with Crippen LogP contribution in [-0.4, -0.2) is 54.2 Å². The maximum absolute atomic E-state index is 11.9. The van der Waals surface area contributed by atoms with Crippen LogP contribution in [0.3, 0.4) is 0 Å². The molecule has 1 aliphatic rings. The fourth-order valence-electron chi connectivity index (χ4n) is 3.34. The number of ether oxygens (including phenoxy) is 1. The molecule has 0 radical (unpaired) electrons. The minimum absolute atomic E-state index is 0.226. The lowest BCUT2D eigenvalue weighted by molar-refractivity contribution is 0.0963. The van der Waals surface area contributed by atoms with Crippen molar-refractivity contribution in [2.45, 2.75) is 58.5 Å². The second-order valence-electron chi connectivity index (χ2n) is 7.85. The van der Waals surface area contributed by atoms with Crippen molar-refractivity contribution in [2.24, 2.45) is 4.99 Å². The summed E-state index contributed by atoms with van der Waals surface area (Å²) >= 11 is 1.65. The number of carbonyl (C=O) groups is 1. The molecule has 0 aromatic carbocycles. The quantitative estimate of drug-likeness (QED) is 0.473. The highest BCUT2D eigenvalue weighted by Gasteiger charge is 2.24. The SMILES string of the molecule is CCOC(=O)N1CCC(NC(=NCc2nc(C(C)C)cs2)NCCc2ccco2)CC1. The molecule has 3 heterocycles. The van der Waals surface area contributed by atoms with Gasteiger partial charge in [-0.2, -0.15) is 0 Å². The molecule has 0 saturated carbocycles. The second kappa shape index (κ2) is 11.7. The third-order valence-electron chi connectivity index (χ3n) is 5.14. The molecule has 2 aromatic heterocycles. The van der Waals surface area contributed by atoms with Crippen LogP contribution in [0.4, 0.5) is 4.79 Å². The van der Waals surface area contributed by atoms with Gasteiger partial charge in [0.25, 0.3) is 0 Å². The van der Waals surface area contributed by atoms with Gasteiger partial charge in [-0.05, 0) is 37.8 Å². The van der Waals surface area contributed by atoms with E-state index in [2.05, 4.69) is 34.8 Å². The maximum atomic E-state index is 11.9. The predicted molar refractivity (Wildman–Crippen MR) is 123 cm³/mol. The van der Waals surface area contributed by atoms with E-state index in [0.29, 0.717) is 32.2 Å². The van der Waals surface area contributed by atoms with E-state index in [1.54, 1.807) is 22.5 Å². The first-order valence-corrected chi connectivity index (χ1v) is 11.9. The number of thiazole rings is 1. The number of nitrogens with zero attached hydrogens (tertiary/aromatic N) is 3. The molecule has 0 unspecified atom stereocenters. The smallest absolute Gasteiger partial charge is 0.409 e. The average molecular weight is 448 g/mol. The van der Waals surface area contributed by atoms with Crippen molar-refractivity contribution in [1.29, 1.82) is 0 Å². The third kappa shape index (κ3) is 7.27. The Bertz CT molecular complexity index is 826. The van der Waals surface area contributed by atoms with Gasteiger partial charge in [0, 0.05) is 37.5 Å². The number of piperidine rings is 1. The van der Waals surface area contributed by atoms with Crippen molar-refractivity contribution in [3.05, 3.63) is 40.2 Å². The minimum atomic E-state index is -0.226. The Labute approximate surface area is 188 Å². The summed E-state index contributed by atoms with van der Waals surface area (Å²) < 4.78 is 10.5. The number of carbonyl (C=O) groups excluding carboxylic acids is 1. The third-order valence-corrected chi connectivity index (χ3v) is 5.99. The van der Waals surface area contributed by atoms with Gasteiger partial charge in [-0.1, -0.05) is 13.8 Å². The number of aromatic nitrogens is 1. The van der Waals surface area contributed by atoms with Crippen LogP contribution in [0.5, 0.6) is 0 Å². The molecule has 1 fully saturated rings. The molecule has 0 bridgehead atoms. The molecule has 0 atom stereocenters. The summed E-state index contributed by atoms with van der Waals surface area (Å²) in [7, 11) is 0. The van der Waals surface area contributed by atoms with Crippen molar-refractivity contribution < 1.29 is 13.9 Å². The molecule has 8 nitrogen and oxygen atoms in total. The van der Waals surface area contributed by atoms with Gasteiger partial charge < -0.3 is 24.7 Å². The van der Waals surface area contributed by atoms with Gasteiger partial charge in [0.15, 0.2) is 5.96 Å². The highest BCUT2D eigenvalue weighted by atomic mass is 32.1. The molecule has 9 heteroatoms. The maximum Gasteiger partial charge on any atom is 0.409 e. The Morgan fingerprint density at radius 1 is 1.42 bits per heavy atom. The molecule has 1 saturated heterocycles. The standard InChI is InChI=1S/C22H33N5O3S/c1-4-29-22(28)27-11-8-17(9-12-27)25-21(23-10-7-18-6-5-13-30-18)24-14-20-26-19(15-31-20)16(2)3/h5-6,13,15-17H,4,7-12,14H2,1-3H3,(H2,23,24,25). The van der Waals surface area contributed by atoms with Gasteiger partial charge in [0.1, 0.15) is 10.8 Å². The molecular formula is C22H33N5O3S. The Morgan fingerprint density at radius 3 is 2.87 bits per heavy atom. The largest absolute Gasteiger partial charge is 0.469 e. The van der Waals surface area contributed by atoms with Gasteiger partial charge in [-0.3, -0.25) is 0 Å². The van der Waals surface area contributed by atoms with E-state index in [-0.39, 0.29) is 12.1 Å². The molecule has 1 aliphatic heterocycles. The zero-order valence-corrected chi connectivity index (χ0v) is 19.4. The number of amides is 1. The number of guanidine groups is 1. The van der Waals surface area contributed by atoms with E-state index in [9.17, 15) is 4.79 Å². The van der Waals surface area contributed by atoms with Crippen molar-refractivity contribution in [3.8, 4) is 0 Å². The molecule has 2 aromatic rings. The molecule has 170 valence electrons. The number of furan rings is 1. The Kier molecular flexibility index (Phi) is 8.75. The molecule has 3 rings (SSSR count). The van der Waals surface area contributed by atoms with Crippen LogP contribution >= 0.6 is 11.3 Å². The van der Waals surface area contributed by atoms with E-state index >= 15 is 0 Å². The summed E-state index contributed by atoms with van der Waals surface area (Å²) in [6, 6.07) is 4.12. The van der Waals surface area contributed by atoms with Gasteiger partial charge in [0.2, 0.25) is 0 Å². The second-order valence-corrected chi connectivity index (χ2v) is 8.79. The molecular weight excluding hydrogens is 414 g/mol. The summed E-state index contributed by atoms with van der Waals surface area (Å²) in [5.41, 5.74) is 1.11. The van der Waals surface area contributed by atoms with Crippen LogP contribution in [0.15, 0.2) is 33.2 Å². The molecule has 0 aliphatic carbocycles. The molecule has 0 spiro atoms. The van der Waals surface area contributed by atoms with Crippen LogP contribution in [0.1, 0.15) is 56.0 Å². The van der Waals surface area contributed by atoms with Gasteiger partial charge in [0.05, 0.1) is 25.1 Å². The van der Waals surface area contributed by atoms with E-state index in [0.717, 1.165) is 48.2 Å². The number of nitrogens with one attached hydrogen (secondary N) is 2. The minimum Gasteiger partial charge on any atom is -0.469 e. The van der Waals surface area contributed by atoms with Gasteiger partial charge in [-0.15, -0.1) is 11.3 Å². The Balaban J connectivity index is 1.56. The van der Waals surface area contributed by atoms with Gasteiger partial charge in [-0.25, -0.2) is 14.8 Å². The van der Waals surface area contributed by atoms with Crippen molar-refractivity contribution >= 4 is 23.4 Å². The summed E-state index contributed by atoms with van der Waals surface area (Å²) in [5, 5.41) is 10.1. The predicted octanol–water partition coefficient (Wildman–Crippen LogP) is 3.76. The summed E-state index contributed by atoms with van der Waals surface area (Å²) in [6.45, 7) is 9.15. The van der Waals surface area contributed by atoms with Crippen LogP contribution < -0.4 is 10.6 Å². The summed E-state index contributed by atoms with van der Waals surface area (Å²) in [5.74, 6) is 2.13. The van der Waals surface area contributed by atoms with Gasteiger partial charge >= 0.3 is 6.09 Å². The lowest BCUT2D eigenvalue weighted by atomic mass is 10.1. The van der Waals surface area contributed by atoms with Crippen molar-refractivity contribution in [2.75, 3.05) is 26.2 Å². The van der Waals surface area contributed by atoms with Crippen molar-refractivity contribution in [3.63, 3.8) is 0 Å². The lowest BCUT2D eigenvalue weighted by Gasteiger charge is -2.32. The highest BCUT2D eigenvalue weighted by Crippen LogP contribution is 2.18. The number of likely N-dealkylation sites (tertiary alicyclic amines) is 1. The monoisotopic (exact) mass is 447 g/mol. The summed E-state index contributed by atoms with van der Waals surface area (Å²) in [4.78, 5) is 23.1. The van der Waals surface area contributed by atoms with E-state index in [1.807, 2.05) is 19.1 Å². The van der Waals surface area contributed by atoms with Crippen LogP contribution in [0, 0.1) is 0 Å². The van der Waals surface area contributed by atoms with E-state index < -0.39 is 0 Å². The molecule has 1 amide bonds. The topological polar surface area (TPSA) is 92.0 Å². The highest BCUT2D eigenvalue weighted by molar-refractivity contribution is 7.09. The fourth-order valence-corrected chi connectivity index (χ4v) is 4.21. The van der Waals surface area contributed by atoms with Crippen LogP contribution in [0.25, 0.3) is 0 Å². The lowest BCUT2D eigenvalue weighted by Crippen LogP contribution is -2.50. The Morgan fingerprint density at radius 2 is 2.23 bits per heavy atom. The number of rotatable bonds is 8. The van der Waals surface area contributed by atoms with E-state index in [4.69, 9.17) is 14.1 Å². The summed E-state index contributed by atoms with van der Waals surface area (Å²) in [6.07, 6.45) is 3.95. The number of hydrogen-bond donors (Lipinski definition) is 2. The fraction of sp³-hybridized carbons (Fsp3) is 0.591. The zero-order valence-electron chi connectivity index (χ0n) is 18.6. The first kappa shape index (κ1) is 23.1. The normalized spacial score (nSPS) is 15.4. The molecule has 31 heavy (non-hydrogen) atoms. The van der Waals surface area contributed by atoms with Crippen LogP contribution in [-0.2, 0) is 17.7 Å². The van der Waals surface area contributed by atoms with Crippen LogP contribution in [0.2, 0.25) is 0 Å².